The Morgan fingerprint density at radius 2 is 2.17 bits per heavy atom. The molecular formula is C16H14N2O5. The molecule has 0 amide bonds. The smallest absolute Gasteiger partial charge is 0.352 e. The van der Waals surface area contributed by atoms with Crippen LogP contribution in [-0.4, -0.2) is 41.4 Å². The van der Waals surface area contributed by atoms with Crippen molar-refractivity contribution in [2.75, 3.05) is 20.3 Å². The van der Waals surface area contributed by atoms with Gasteiger partial charge in [0.1, 0.15) is 18.1 Å². The van der Waals surface area contributed by atoms with Crippen LogP contribution in [0.25, 0.3) is 21.8 Å². The Morgan fingerprint density at radius 1 is 1.35 bits per heavy atom. The van der Waals surface area contributed by atoms with Gasteiger partial charge in [-0.05, 0) is 12.1 Å². The van der Waals surface area contributed by atoms with Crippen LogP contribution in [0.1, 0.15) is 10.5 Å². The molecule has 2 N–H and O–H groups in total. The number of carboxylic acid groups (broad SMARTS) is 1. The maximum absolute atomic E-state index is 12.4. The highest BCUT2D eigenvalue weighted by molar-refractivity contribution is 6.07. The maximum atomic E-state index is 12.4. The lowest BCUT2D eigenvalue weighted by Crippen LogP contribution is -2.12. The number of H-pyrrole nitrogens is 1. The second-order valence-electron chi connectivity index (χ2n) is 4.89. The predicted molar refractivity (Wildman–Crippen MR) is 84.2 cm³/mol. The van der Waals surface area contributed by atoms with Gasteiger partial charge in [0.15, 0.2) is 5.43 Å². The minimum Gasteiger partial charge on any atom is -0.490 e. The van der Waals surface area contributed by atoms with Gasteiger partial charge in [0.2, 0.25) is 0 Å². The third kappa shape index (κ3) is 2.74. The van der Waals surface area contributed by atoms with E-state index in [1.807, 2.05) is 6.07 Å². The molecule has 118 valence electrons. The van der Waals surface area contributed by atoms with Crippen LogP contribution in [0.3, 0.4) is 0 Å². The average Bonchev–Trinajstić information content (AvgIpc) is 2.54. The average molecular weight is 314 g/mol. The van der Waals surface area contributed by atoms with Gasteiger partial charge < -0.3 is 19.6 Å². The summed E-state index contributed by atoms with van der Waals surface area (Å²) in [6.07, 6.45) is 1.58. The van der Waals surface area contributed by atoms with Crippen molar-refractivity contribution in [3.05, 3.63) is 46.4 Å². The number of benzene rings is 1. The molecule has 2 aromatic heterocycles. The number of hydrogen-bond donors (Lipinski definition) is 2. The summed E-state index contributed by atoms with van der Waals surface area (Å²) in [5.74, 6) is -0.838. The van der Waals surface area contributed by atoms with E-state index in [-0.39, 0.29) is 17.7 Å². The van der Waals surface area contributed by atoms with E-state index < -0.39 is 11.4 Å². The van der Waals surface area contributed by atoms with Crippen molar-refractivity contribution in [3.63, 3.8) is 0 Å². The Kier molecular flexibility index (Phi) is 3.94. The van der Waals surface area contributed by atoms with Crippen LogP contribution in [0.4, 0.5) is 0 Å². The first-order valence-electron chi connectivity index (χ1n) is 6.91. The first-order valence-corrected chi connectivity index (χ1v) is 6.91. The Balaban J connectivity index is 2.33. The Labute approximate surface area is 130 Å². The summed E-state index contributed by atoms with van der Waals surface area (Å²) in [4.78, 5) is 30.6. The van der Waals surface area contributed by atoms with E-state index in [1.165, 1.54) is 0 Å². The normalized spacial score (nSPS) is 11.0. The van der Waals surface area contributed by atoms with Crippen molar-refractivity contribution in [1.29, 1.82) is 0 Å². The summed E-state index contributed by atoms with van der Waals surface area (Å²) in [5, 5.41) is 10.2. The third-order valence-corrected chi connectivity index (χ3v) is 3.42. The van der Waals surface area contributed by atoms with E-state index in [2.05, 4.69) is 9.97 Å². The number of rotatable bonds is 5. The molecule has 0 atom stereocenters. The fourth-order valence-electron chi connectivity index (χ4n) is 2.40. The van der Waals surface area contributed by atoms with Crippen LogP contribution in [-0.2, 0) is 4.74 Å². The summed E-state index contributed by atoms with van der Waals surface area (Å²) >= 11 is 0. The van der Waals surface area contributed by atoms with E-state index in [0.717, 1.165) is 11.5 Å². The van der Waals surface area contributed by atoms with Crippen molar-refractivity contribution in [1.82, 2.24) is 9.97 Å². The number of aromatic amines is 1. The standard InChI is InChI=1S/C16H14N2O5/c1-22-5-6-23-12-7-9-3-2-4-17-14(9)15-13(12)11(19)8-10(18-15)16(20)21/h2-4,7-8H,5-6H2,1H3,(H,18,19)(H,20,21). The molecule has 23 heavy (non-hydrogen) atoms. The van der Waals surface area contributed by atoms with Crippen LogP contribution in [0.15, 0.2) is 35.3 Å². The van der Waals surface area contributed by atoms with Crippen molar-refractivity contribution in [3.8, 4) is 5.75 Å². The van der Waals surface area contributed by atoms with Crippen molar-refractivity contribution in [2.24, 2.45) is 0 Å². The van der Waals surface area contributed by atoms with Gasteiger partial charge in [0, 0.05) is 24.8 Å². The largest absolute Gasteiger partial charge is 0.490 e. The Bertz CT molecular complexity index is 948. The quantitative estimate of drug-likeness (QED) is 0.550. The summed E-state index contributed by atoms with van der Waals surface area (Å²) in [6, 6.07) is 6.33. The van der Waals surface area contributed by atoms with E-state index in [1.54, 1.807) is 25.4 Å². The number of methoxy groups -OCH3 is 1. The van der Waals surface area contributed by atoms with Gasteiger partial charge in [-0.15, -0.1) is 0 Å². The number of hydrogen-bond acceptors (Lipinski definition) is 5. The zero-order valence-corrected chi connectivity index (χ0v) is 12.3. The molecular weight excluding hydrogens is 300 g/mol. The highest BCUT2D eigenvalue weighted by atomic mass is 16.5. The van der Waals surface area contributed by atoms with E-state index in [4.69, 9.17) is 14.6 Å². The first-order chi connectivity index (χ1) is 11.1. The van der Waals surface area contributed by atoms with Crippen molar-refractivity contribution < 1.29 is 19.4 Å². The van der Waals surface area contributed by atoms with Crippen LogP contribution in [0, 0.1) is 0 Å². The number of ether oxygens (including phenoxy) is 2. The highest BCUT2D eigenvalue weighted by Gasteiger charge is 2.15. The maximum Gasteiger partial charge on any atom is 0.352 e. The molecule has 0 saturated heterocycles. The lowest BCUT2D eigenvalue weighted by molar-refractivity contribution is 0.0691. The number of aromatic carboxylic acids is 1. The Hall–Kier alpha value is -2.93. The number of fused-ring (bicyclic) bond motifs is 3. The summed E-state index contributed by atoms with van der Waals surface area (Å²) < 4.78 is 10.6. The fraction of sp³-hybridized carbons (Fsp3) is 0.188. The zero-order valence-electron chi connectivity index (χ0n) is 12.3. The molecule has 0 unspecified atom stereocenters. The number of pyridine rings is 2. The molecule has 0 radical (unpaired) electrons. The van der Waals surface area contributed by atoms with Gasteiger partial charge >= 0.3 is 5.97 Å². The summed E-state index contributed by atoms with van der Waals surface area (Å²) in [5.41, 5.74) is 0.238. The van der Waals surface area contributed by atoms with Crippen LogP contribution in [0.2, 0.25) is 0 Å². The van der Waals surface area contributed by atoms with E-state index >= 15 is 0 Å². The Morgan fingerprint density at radius 3 is 2.91 bits per heavy atom. The summed E-state index contributed by atoms with van der Waals surface area (Å²) in [6.45, 7) is 0.648. The second kappa shape index (κ2) is 6.05. The molecule has 3 rings (SSSR count). The monoisotopic (exact) mass is 314 g/mol. The van der Waals surface area contributed by atoms with Gasteiger partial charge in [-0.3, -0.25) is 9.78 Å². The number of aromatic nitrogens is 2. The molecule has 2 heterocycles. The molecule has 1 aromatic carbocycles. The number of nitrogens with zero attached hydrogens (tertiary/aromatic N) is 1. The minimum atomic E-state index is -1.21. The third-order valence-electron chi connectivity index (χ3n) is 3.42. The van der Waals surface area contributed by atoms with Gasteiger partial charge in [-0.1, -0.05) is 6.07 Å². The fourth-order valence-corrected chi connectivity index (χ4v) is 2.40. The van der Waals surface area contributed by atoms with Crippen LogP contribution in [0.5, 0.6) is 5.75 Å². The highest BCUT2D eigenvalue weighted by Crippen LogP contribution is 2.29. The van der Waals surface area contributed by atoms with E-state index in [9.17, 15) is 9.59 Å². The number of carbonyl (C=O) groups is 1. The molecule has 0 bridgehead atoms. The first kappa shape index (κ1) is 15.0. The molecule has 0 spiro atoms. The molecule has 7 heteroatoms. The lowest BCUT2D eigenvalue weighted by Gasteiger charge is -2.11. The lowest BCUT2D eigenvalue weighted by atomic mass is 10.1. The molecule has 0 aliphatic heterocycles. The zero-order chi connectivity index (χ0) is 16.4. The topological polar surface area (TPSA) is 102 Å². The van der Waals surface area contributed by atoms with Gasteiger partial charge in [0.05, 0.1) is 23.0 Å². The van der Waals surface area contributed by atoms with Crippen LogP contribution < -0.4 is 10.2 Å². The van der Waals surface area contributed by atoms with Gasteiger partial charge in [0.25, 0.3) is 0 Å². The molecule has 0 fully saturated rings. The van der Waals surface area contributed by atoms with Gasteiger partial charge in [-0.2, -0.15) is 0 Å². The molecule has 0 aliphatic carbocycles. The van der Waals surface area contributed by atoms with Crippen molar-refractivity contribution >= 4 is 27.8 Å². The molecule has 0 aliphatic rings. The second-order valence-corrected chi connectivity index (χ2v) is 4.89. The predicted octanol–water partition coefficient (Wildman–Crippen LogP) is 1.80. The summed E-state index contributed by atoms with van der Waals surface area (Å²) in [7, 11) is 1.55. The van der Waals surface area contributed by atoms with Crippen molar-refractivity contribution in [2.45, 2.75) is 0 Å². The number of nitrogens with one attached hydrogen (secondary N) is 1. The minimum absolute atomic E-state index is 0.191. The van der Waals surface area contributed by atoms with Crippen LogP contribution >= 0.6 is 0 Å². The number of carboxylic acids is 1. The molecule has 7 nitrogen and oxygen atoms in total. The molecule has 3 aromatic rings. The van der Waals surface area contributed by atoms with E-state index in [0.29, 0.717) is 23.4 Å². The SMILES string of the molecule is COCCOc1cc2cccnc2c2[nH]c(C(=O)O)cc(=O)c12. The van der Waals surface area contributed by atoms with Gasteiger partial charge in [-0.25, -0.2) is 4.79 Å². The molecule has 0 saturated carbocycles.